The van der Waals surface area contributed by atoms with Crippen molar-refractivity contribution in [1.82, 2.24) is 9.88 Å². The molecule has 2 aromatic rings. The van der Waals surface area contributed by atoms with Gasteiger partial charge in [0.25, 0.3) is 5.91 Å². The van der Waals surface area contributed by atoms with Crippen LogP contribution in [0.4, 0.5) is 15.9 Å². The largest absolute Gasteiger partial charge is 0.366 e. The van der Waals surface area contributed by atoms with E-state index < -0.39 is 0 Å². The zero-order chi connectivity index (χ0) is 19.3. The molecule has 1 aromatic carbocycles. The fourth-order valence-corrected chi connectivity index (χ4v) is 4.04. The van der Waals surface area contributed by atoms with Crippen molar-refractivity contribution in [2.24, 2.45) is 0 Å². The maximum absolute atomic E-state index is 14.0. The first kappa shape index (κ1) is 18.7. The summed E-state index contributed by atoms with van der Waals surface area (Å²) in [5.74, 6) is 0.788. The number of carbonyl (C=O) groups is 1. The Bertz CT molecular complexity index is 794. The van der Waals surface area contributed by atoms with E-state index in [9.17, 15) is 9.18 Å². The number of rotatable bonds is 3. The Morgan fingerprint density at radius 3 is 2.14 bits per heavy atom. The molecule has 2 aliphatic rings. The van der Waals surface area contributed by atoms with Crippen molar-refractivity contribution in [2.45, 2.75) is 25.7 Å². The van der Waals surface area contributed by atoms with Gasteiger partial charge in [0.15, 0.2) is 0 Å². The summed E-state index contributed by atoms with van der Waals surface area (Å²) in [4.78, 5) is 23.5. The van der Waals surface area contributed by atoms with E-state index in [-0.39, 0.29) is 11.7 Å². The lowest BCUT2D eigenvalue weighted by Gasteiger charge is -2.36. The average molecular weight is 382 g/mol. The highest BCUT2D eigenvalue weighted by Crippen LogP contribution is 2.22. The van der Waals surface area contributed by atoms with E-state index in [0.29, 0.717) is 11.3 Å². The van der Waals surface area contributed by atoms with Gasteiger partial charge in [-0.15, -0.1) is 0 Å². The zero-order valence-corrected chi connectivity index (χ0v) is 16.2. The van der Waals surface area contributed by atoms with Crippen molar-refractivity contribution < 1.29 is 9.18 Å². The summed E-state index contributed by atoms with van der Waals surface area (Å²) in [6, 6.07) is 10.7. The molecule has 4 rings (SSSR count). The Kier molecular flexibility index (Phi) is 5.74. The number of pyridine rings is 1. The number of hydrogen-bond donors (Lipinski definition) is 0. The van der Waals surface area contributed by atoms with Crippen molar-refractivity contribution in [1.29, 1.82) is 0 Å². The SMILES string of the molecule is O=C(c1ccc(N2CCN(c3ccccc3F)CC2)nc1)N1CCCCCC1. The second kappa shape index (κ2) is 8.59. The Morgan fingerprint density at radius 1 is 0.821 bits per heavy atom. The smallest absolute Gasteiger partial charge is 0.255 e. The van der Waals surface area contributed by atoms with Crippen LogP contribution in [0.25, 0.3) is 0 Å². The van der Waals surface area contributed by atoms with E-state index in [1.54, 1.807) is 12.3 Å². The van der Waals surface area contributed by atoms with Crippen LogP contribution in [0.15, 0.2) is 42.6 Å². The Labute approximate surface area is 165 Å². The number of amides is 1. The van der Waals surface area contributed by atoms with Crippen molar-refractivity contribution in [2.75, 3.05) is 49.1 Å². The van der Waals surface area contributed by atoms with Crippen LogP contribution in [0.3, 0.4) is 0 Å². The number of hydrogen-bond acceptors (Lipinski definition) is 4. The van der Waals surface area contributed by atoms with Gasteiger partial charge < -0.3 is 14.7 Å². The van der Waals surface area contributed by atoms with Gasteiger partial charge in [-0.05, 0) is 37.1 Å². The topological polar surface area (TPSA) is 39.7 Å². The quantitative estimate of drug-likeness (QED) is 0.814. The fourth-order valence-electron chi connectivity index (χ4n) is 4.04. The first-order valence-electron chi connectivity index (χ1n) is 10.2. The monoisotopic (exact) mass is 382 g/mol. The molecule has 0 N–H and O–H groups in total. The molecule has 0 atom stereocenters. The second-order valence-electron chi connectivity index (χ2n) is 7.54. The lowest BCUT2D eigenvalue weighted by atomic mass is 10.2. The summed E-state index contributed by atoms with van der Waals surface area (Å²) >= 11 is 0. The molecule has 2 fully saturated rings. The van der Waals surface area contributed by atoms with Gasteiger partial charge in [-0.25, -0.2) is 9.37 Å². The maximum atomic E-state index is 14.0. The number of para-hydroxylation sites is 1. The van der Waals surface area contributed by atoms with Crippen LogP contribution in [-0.4, -0.2) is 55.1 Å². The second-order valence-corrected chi connectivity index (χ2v) is 7.54. The van der Waals surface area contributed by atoms with Crippen molar-refractivity contribution in [3.63, 3.8) is 0 Å². The number of aromatic nitrogens is 1. The molecule has 0 saturated carbocycles. The highest BCUT2D eigenvalue weighted by atomic mass is 19.1. The van der Waals surface area contributed by atoms with E-state index in [1.165, 1.54) is 18.9 Å². The average Bonchev–Trinajstić information content (AvgIpc) is 3.04. The van der Waals surface area contributed by atoms with Gasteiger partial charge in [-0.1, -0.05) is 25.0 Å². The van der Waals surface area contributed by atoms with Gasteiger partial charge in [0.2, 0.25) is 0 Å². The lowest BCUT2D eigenvalue weighted by molar-refractivity contribution is 0.0761. The van der Waals surface area contributed by atoms with E-state index in [2.05, 4.69) is 14.8 Å². The van der Waals surface area contributed by atoms with Crippen LogP contribution in [0.1, 0.15) is 36.0 Å². The number of nitrogens with zero attached hydrogens (tertiary/aromatic N) is 4. The summed E-state index contributed by atoms with van der Waals surface area (Å²) < 4.78 is 14.0. The molecular weight excluding hydrogens is 355 g/mol. The highest BCUT2D eigenvalue weighted by Gasteiger charge is 2.21. The standard InChI is InChI=1S/C22H27FN4O/c23-19-7-3-4-8-20(19)25-13-15-26(16-14-25)21-10-9-18(17-24-21)22(28)27-11-5-1-2-6-12-27/h3-4,7-10,17H,1-2,5-6,11-16H2. The molecule has 2 saturated heterocycles. The predicted octanol–water partition coefficient (Wildman–Crippen LogP) is 3.56. The molecule has 148 valence electrons. The van der Waals surface area contributed by atoms with Crippen LogP contribution in [-0.2, 0) is 0 Å². The minimum atomic E-state index is -0.176. The van der Waals surface area contributed by atoms with Crippen LogP contribution in [0, 0.1) is 5.82 Å². The van der Waals surface area contributed by atoms with Gasteiger partial charge in [0, 0.05) is 45.5 Å². The molecule has 3 heterocycles. The van der Waals surface area contributed by atoms with E-state index in [0.717, 1.165) is 57.9 Å². The summed E-state index contributed by atoms with van der Waals surface area (Å²) in [5, 5.41) is 0. The lowest BCUT2D eigenvalue weighted by Crippen LogP contribution is -2.47. The molecule has 1 aromatic heterocycles. The predicted molar refractivity (Wildman–Crippen MR) is 109 cm³/mol. The number of anilines is 2. The molecule has 6 heteroatoms. The molecule has 1 amide bonds. The third-order valence-corrected chi connectivity index (χ3v) is 5.68. The number of halogens is 1. The van der Waals surface area contributed by atoms with Crippen molar-refractivity contribution >= 4 is 17.4 Å². The summed E-state index contributed by atoms with van der Waals surface area (Å²) in [6.07, 6.45) is 6.29. The first-order chi connectivity index (χ1) is 13.7. The number of likely N-dealkylation sites (tertiary alicyclic amines) is 1. The van der Waals surface area contributed by atoms with Crippen LogP contribution < -0.4 is 9.80 Å². The highest BCUT2D eigenvalue weighted by molar-refractivity contribution is 5.94. The third kappa shape index (κ3) is 4.11. The van der Waals surface area contributed by atoms with E-state index in [1.807, 2.05) is 29.2 Å². The van der Waals surface area contributed by atoms with Gasteiger partial charge in [-0.2, -0.15) is 0 Å². The van der Waals surface area contributed by atoms with Crippen LogP contribution in [0.2, 0.25) is 0 Å². The van der Waals surface area contributed by atoms with E-state index in [4.69, 9.17) is 0 Å². The molecule has 0 radical (unpaired) electrons. The molecule has 0 bridgehead atoms. The molecule has 28 heavy (non-hydrogen) atoms. The summed E-state index contributed by atoms with van der Waals surface area (Å²) in [5.41, 5.74) is 1.32. The zero-order valence-electron chi connectivity index (χ0n) is 16.2. The van der Waals surface area contributed by atoms with Crippen molar-refractivity contribution in [3.05, 3.63) is 54.0 Å². The minimum Gasteiger partial charge on any atom is -0.366 e. The fraction of sp³-hybridized carbons (Fsp3) is 0.455. The number of benzene rings is 1. The normalized spacial score (nSPS) is 18.1. The maximum Gasteiger partial charge on any atom is 0.255 e. The van der Waals surface area contributed by atoms with Crippen LogP contribution >= 0.6 is 0 Å². The number of carbonyl (C=O) groups excluding carboxylic acids is 1. The first-order valence-corrected chi connectivity index (χ1v) is 10.2. The van der Waals surface area contributed by atoms with Crippen molar-refractivity contribution in [3.8, 4) is 0 Å². The molecule has 2 aliphatic heterocycles. The van der Waals surface area contributed by atoms with Gasteiger partial charge >= 0.3 is 0 Å². The third-order valence-electron chi connectivity index (χ3n) is 5.68. The van der Waals surface area contributed by atoms with Gasteiger partial charge in [0.1, 0.15) is 11.6 Å². The number of piperazine rings is 1. The molecule has 0 unspecified atom stereocenters. The van der Waals surface area contributed by atoms with Gasteiger partial charge in [0.05, 0.1) is 11.3 Å². The summed E-state index contributed by atoms with van der Waals surface area (Å²) in [7, 11) is 0. The summed E-state index contributed by atoms with van der Waals surface area (Å²) in [6.45, 7) is 4.74. The molecule has 5 nitrogen and oxygen atoms in total. The molecule has 0 aliphatic carbocycles. The Balaban J connectivity index is 1.37. The van der Waals surface area contributed by atoms with Gasteiger partial charge in [-0.3, -0.25) is 4.79 Å². The van der Waals surface area contributed by atoms with Crippen LogP contribution in [0.5, 0.6) is 0 Å². The Hall–Kier alpha value is -2.63. The molecule has 0 spiro atoms. The molecular formula is C22H27FN4O. The Morgan fingerprint density at radius 2 is 1.50 bits per heavy atom. The minimum absolute atomic E-state index is 0.0883. The van der Waals surface area contributed by atoms with E-state index >= 15 is 0 Å².